The standard InChI is InChI=1S/C20H21N7O/c1-3-22-7-14-8-23-9-16(12(14)2)13-4-5-17-15(6-13)20(26-25-17)27-11-24-10-18(27)19(21)28/h4-6,8-11,22H,3,7H2,1-2H3,(H2,21,28)(H,25,26). The van der Waals surface area contributed by atoms with E-state index in [1.165, 1.54) is 18.1 Å². The lowest BCUT2D eigenvalue weighted by atomic mass is 9.98. The number of H-pyrrole nitrogens is 1. The number of hydrogen-bond acceptors (Lipinski definition) is 5. The van der Waals surface area contributed by atoms with E-state index in [0.29, 0.717) is 5.82 Å². The molecule has 0 fully saturated rings. The van der Waals surface area contributed by atoms with Gasteiger partial charge in [0.2, 0.25) is 0 Å². The van der Waals surface area contributed by atoms with Crippen LogP contribution in [0, 0.1) is 6.92 Å². The molecule has 0 spiro atoms. The zero-order valence-electron chi connectivity index (χ0n) is 15.7. The van der Waals surface area contributed by atoms with Gasteiger partial charge in [0.05, 0.1) is 11.7 Å². The highest BCUT2D eigenvalue weighted by Crippen LogP contribution is 2.30. The highest BCUT2D eigenvalue weighted by atomic mass is 16.1. The van der Waals surface area contributed by atoms with Gasteiger partial charge in [-0.3, -0.25) is 19.4 Å². The van der Waals surface area contributed by atoms with Gasteiger partial charge in [0.15, 0.2) is 5.82 Å². The molecule has 0 aliphatic carbocycles. The largest absolute Gasteiger partial charge is 0.364 e. The Morgan fingerprint density at radius 2 is 2.11 bits per heavy atom. The molecule has 4 aromatic rings. The first-order valence-corrected chi connectivity index (χ1v) is 9.05. The van der Waals surface area contributed by atoms with E-state index in [1.807, 2.05) is 30.6 Å². The van der Waals surface area contributed by atoms with Crippen molar-refractivity contribution in [3.05, 3.63) is 59.9 Å². The molecule has 28 heavy (non-hydrogen) atoms. The maximum atomic E-state index is 11.7. The van der Waals surface area contributed by atoms with Gasteiger partial charge < -0.3 is 11.1 Å². The fourth-order valence-corrected chi connectivity index (χ4v) is 3.29. The van der Waals surface area contributed by atoms with Crippen molar-refractivity contribution >= 4 is 16.8 Å². The summed E-state index contributed by atoms with van der Waals surface area (Å²) in [6, 6.07) is 6.05. The molecule has 1 aromatic carbocycles. The monoisotopic (exact) mass is 375 g/mol. The molecule has 0 bridgehead atoms. The third-order valence-corrected chi connectivity index (χ3v) is 4.86. The number of hydrogen-bond donors (Lipinski definition) is 3. The van der Waals surface area contributed by atoms with Crippen LogP contribution in [0.1, 0.15) is 28.5 Å². The second-order valence-electron chi connectivity index (χ2n) is 6.57. The van der Waals surface area contributed by atoms with E-state index in [-0.39, 0.29) is 5.69 Å². The molecule has 0 aliphatic heterocycles. The number of fused-ring (bicyclic) bond motifs is 1. The summed E-state index contributed by atoms with van der Waals surface area (Å²) in [6.07, 6.45) is 6.74. The quantitative estimate of drug-likeness (QED) is 0.478. The smallest absolute Gasteiger partial charge is 0.267 e. The number of aromatic nitrogens is 5. The second kappa shape index (κ2) is 7.24. The molecule has 3 aromatic heterocycles. The SMILES string of the molecule is CCNCc1cncc(-c2ccc3[nH]nc(-n4cncc4C(N)=O)c3c2)c1C. The van der Waals surface area contributed by atoms with Gasteiger partial charge in [-0.15, -0.1) is 0 Å². The van der Waals surface area contributed by atoms with Gasteiger partial charge in [0, 0.05) is 29.9 Å². The van der Waals surface area contributed by atoms with Gasteiger partial charge in [-0.2, -0.15) is 5.10 Å². The van der Waals surface area contributed by atoms with Gasteiger partial charge in [-0.1, -0.05) is 13.0 Å². The number of nitrogens with two attached hydrogens (primary N) is 1. The van der Waals surface area contributed by atoms with Crippen LogP contribution in [-0.2, 0) is 6.54 Å². The lowest BCUT2D eigenvalue weighted by Gasteiger charge is -2.11. The number of aromatic amines is 1. The molecule has 3 heterocycles. The van der Waals surface area contributed by atoms with Crippen LogP contribution < -0.4 is 11.1 Å². The Bertz CT molecular complexity index is 1160. The van der Waals surface area contributed by atoms with Crippen molar-refractivity contribution < 1.29 is 4.79 Å². The highest BCUT2D eigenvalue weighted by molar-refractivity contribution is 5.94. The van der Waals surface area contributed by atoms with Crippen LogP contribution in [-0.4, -0.2) is 37.2 Å². The first-order valence-electron chi connectivity index (χ1n) is 9.05. The molecular formula is C20H21N7O. The van der Waals surface area contributed by atoms with Crippen molar-refractivity contribution in [3.8, 4) is 16.9 Å². The van der Waals surface area contributed by atoms with E-state index in [2.05, 4.69) is 39.3 Å². The van der Waals surface area contributed by atoms with Gasteiger partial charge >= 0.3 is 0 Å². The number of carbonyl (C=O) groups is 1. The summed E-state index contributed by atoms with van der Waals surface area (Å²) in [7, 11) is 0. The van der Waals surface area contributed by atoms with Crippen LogP contribution in [0.15, 0.2) is 43.1 Å². The molecule has 4 rings (SSSR count). The number of rotatable bonds is 6. The van der Waals surface area contributed by atoms with Crippen molar-refractivity contribution in [1.29, 1.82) is 0 Å². The molecule has 0 unspecified atom stereocenters. The fraction of sp³-hybridized carbons (Fsp3) is 0.200. The minimum absolute atomic E-state index is 0.282. The number of imidazole rings is 1. The van der Waals surface area contributed by atoms with Crippen molar-refractivity contribution in [2.45, 2.75) is 20.4 Å². The maximum Gasteiger partial charge on any atom is 0.267 e. The Hall–Kier alpha value is -3.52. The Balaban J connectivity index is 1.83. The summed E-state index contributed by atoms with van der Waals surface area (Å²) in [5.41, 5.74) is 11.0. The molecule has 8 heteroatoms. The van der Waals surface area contributed by atoms with Crippen LogP contribution in [0.5, 0.6) is 0 Å². The van der Waals surface area contributed by atoms with Crippen LogP contribution >= 0.6 is 0 Å². The van der Waals surface area contributed by atoms with Gasteiger partial charge in [-0.05, 0) is 42.3 Å². The van der Waals surface area contributed by atoms with Crippen LogP contribution in [0.25, 0.3) is 27.8 Å². The molecule has 0 saturated carbocycles. The number of nitrogens with zero attached hydrogens (tertiary/aromatic N) is 4. The zero-order valence-corrected chi connectivity index (χ0v) is 15.7. The van der Waals surface area contributed by atoms with E-state index in [4.69, 9.17) is 5.73 Å². The number of primary amides is 1. The number of carbonyl (C=O) groups excluding carboxylic acids is 1. The first kappa shape index (κ1) is 17.9. The molecule has 0 atom stereocenters. The molecule has 142 valence electrons. The third kappa shape index (κ3) is 3.03. The van der Waals surface area contributed by atoms with E-state index < -0.39 is 5.91 Å². The van der Waals surface area contributed by atoms with E-state index >= 15 is 0 Å². The molecular weight excluding hydrogens is 354 g/mol. The maximum absolute atomic E-state index is 11.7. The molecule has 4 N–H and O–H groups in total. The molecule has 0 saturated heterocycles. The summed E-state index contributed by atoms with van der Waals surface area (Å²) in [5.74, 6) is 0.0264. The van der Waals surface area contributed by atoms with E-state index in [0.717, 1.165) is 40.7 Å². The van der Waals surface area contributed by atoms with Gasteiger partial charge in [-0.25, -0.2) is 4.98 Å². The second-order valence-corrected chi connectivity index (χ2v) is 6.57. The lowest BCUT2D eigenvalue weighted by Crippen LogP contribution is -2.15. The molecule has 1 amide bonds. The Morgan fingerprint density at radius 1 is 1.25 bits per heavy atom. The summed E-state index contributed by atoms with van der Waals surface area (Å²) in [4.78, 5) is 20.1. The molecule has 0 radical (unpaired) electrons. The highest BCUT2D eigenvalue weighted by Gasteiger charge is 2.16. The van der Waals surface area contributed by atoms with Crippen molar-refractivity contribution in [1.82, 2.24) is 30.0 Å². The summed E-state index contributed by atoms with van der Waals surface area (Å²) < 4.78 is 1.59. The van der Waals surface area contributed by atoms with Crippen molar-refractivity contribution in [2.24, 2.45) is 5.73 Å². The van der Waals surface area contributed by atoms with Gasteiger partial charge in [0.25, 0.3) is 5.91 Å². The minimum Gasteiger partial charge on any atom is -0.364 e. The summed E-state index contributed by atoms with van der Waals surface area (Å²) >= 11 is 0. The summed E-state index contributed by atoms with van der Waals surface area (Å²) in [6.45, 7) is 5.86. The Morgan fingerprint density at radius 3 is 2.89 bits per heavy atom. The summed E-state index contributed by atoms with van der Waals surface area (Å²) in [5, 5.41) is 11.6. The van der Waals surface area contributed by atoms with E-state index in [9.17, 15) is 4.79 Å². The Kier molecular flexibility index (Phi) is 4.62. The molecule has 0 aliphatic rings. The predicted molar refractivity (Wildman–Crippen MR) is 107 cm³/mol. The van der Waals surface area contributed by atoms with E-state index in [1.54, 1.807) is 4.57 Å². The van der Waals surface area contributed by atoms with Crippen molar-refractivity contribution in [2.75, 3.05) is 6.54 Å². The first-order chi connectivity index (χ1) is 13.6. The third-order valence-electron chi connectivity index (χ3n) is 4.86. The average molecular weight is 375 g/mol. The van der Waals surface area contributed by atoms with Gasteiger partial charge in [0.1, 0.15) is 12.0 Å². The minimum atomic E-state index is -0.555. The number of pyridine rings is 1. The number of benzene rings is 1. The number of amides is 1. The van der Waals surface area contributed by atoms with Crippen LogP contribution in [0.4, 0.5) is 0 Å². The lowest BCUT2D eigenvalue weighted by molar-refractivity contribution is 0.0993. The van der Waals surface area contributed by atoms with Crippen LogP contribution in [0.2, 0.25) is 0 Å². The molecule has 8 nitrogen and oxygen atoms in total. The number of nitrogens with one attached hydrogen (secondary N) is 2. The topological polar surface area (TPSA) is 115 Å². The van der Waals surface area contributed by atoms with Crippen LogP contribution in [0.3, 0.4) is 0 Å². The zero-order chi connectivity index (χ0) is 19.7. The Labute approximate surface area is 161 Å². The predicted octanol–water partition coefficient (Wildman–Crippen LogP) is 2.33. The average Bonchev–Trinajstić information content (AvgIpc) is 3.33. The van der Waals surface area contributed by atoms with Crippen molar-refractivity contribution in [3.63, 3.8) is 0 Å². The normalized spacial score (nSPS) is 11.2. The fourth-order valence-electron chi connectivity index (χ4n) is 3.29.